The molecule has 5 heteroatoms. The Hall–Kier alpha value is -1.88. The Morgan fingerprint density at radius 1 is 0.407 bits per heavy atom. The molecule has 0 aromatic carbocycles. The molecule has 0 aromatic rings. The lowest BCUT2D eigenvalue weighted by Crippen LogP contribution is -2.30. The van der Waals surface area contributed by atoms with Crippen LogP contribution in [0.15, 0.2) is 36.5 Å². The lowest BCUT2D eigenvalue weighted by Gasteiger charge is -2.18. The molecule has 0 heterocycles. The second-order valence-corrected chi connectivity index (χ2v) is 15.7. The van der Waals surface area contributed by atoms with Crippen molar-refractivity contribution < 1.29 is 23.8 Å². The summed E-state index contributed by atoms with van der Waals surface area (Å²) in [5.41, 5.74) is 0. The van der Waals surface area contributed by atoms with Crippen molar-refractivity contribution in [2.24, 2.45) is 0 Å². The predicted octanol–water partition coefficient (Wildman–Crippen LogP) is 15.4. The zero-order valence-corrected chi connectivity index (χ0v) is 36.2. The van der Waals surface area contributed by atoms with Crippen LogP contribution in [0.2, 0.25) is 0 Å². The molecule has 0 N–H and O–H groups in total. The first-order valence-corrected chi connectivity index (χ1v) is 23.5. The molecule has 0 saturated carbocycles. The van der Waals surface area contributed by atoms with Crippen LogP contribution < -0.4 is 0 Å². The fourth-order valence-corrected chi connectivity index (χ4v) is 6.59. The average Bonchev–Trinajstić information content (AvgIpc) is 3.17. The Kier molecular flexibility index (Phi) is 43.9. The van der Waals surface area contributed by atoms with Crippen molar-refractivity contribution in [2.75, 3.05) is 19.8 Å². The van der Waals surface area contributed by atoms with Crippen LogP contribution in [0.1, 0.15) is 239 Å². The van der Waals surface area contributed by atoms with Crippen LogP contribution in [-0.2, 0) is 23.8 Å². The van der Waals surface area contributed by atoms with E-state index in [1.54, 1.807) is 0 Å². The molecule has 0 fully saturated rings. The first-order chi connectivity index (χ1) is 26.6. The molecule has 0 aliphatic carbocycles. The van der Waals surface area contributed by atoms with Crippen molar-refractivity contribution in [3.8, 4) is 0 Å². The molecule has 54 heavy (non-hydrogen) atoms. The van der Waals surface area contributed by atoms with Gasteiger partial charge < -0.3 is 14.2 Å². The molecule has 0 rings (SSSR count). The molecule has 0 saturated heterocycles. The van der Waals surface area contributed by atoms with E-state index in [0.717, 1.165) is 57.8 Å². The van der Waals surface area contributed by atoms with Crippen molar-refractivity contribution in [3.05, 3.63) is 36.5 Å². The SMILES string of the molecule is CCCCC/C=C\C/C=C\CCCCCCCCCC(=O)OCC(COCCCCCCCC/C=C\CCCCCCCC)OC(=O)CCCCCCC. The van der Waals surface area contributed by atoms with Crippen molar-refractivity contribution in [1.82, 2.24) is 0 Å². The van der Waals surface area contributed by atoms with Gasteiger partial charge in [0, 0.05) is 19.4 Å². The molecule has 1 unspecified atom stereocenters. The van der Waals surface area contributed by atoms with Crippen LogP contribution in [0.5, 0.6) is 0 Å². The Morgan fingerprint density at radius 3 is 1.28 bits per heavy atom. The van der Waals surface area contributed by atoms with Gasteiger partial charge in [-0.3, -0.25) is 9.59 Å². The second-order valence-electron chi connectivity index (χ2n) is 15.7. The number of rotatable bonds is 43. The molecule has 316 valence electrons. The number of unbranched alkanes of at least 4 members (excludes halogenated alkanes) is 26. The summed E-state index contributed by atoms with van der Waals surface area (Å²) in [6, 6.07) is 0. The van der Waals surface area contributed by atoms with Gasteiger partial charge >= 0.3 is 11.9 Å². The van der Waals surface area contributed by atoms with Crippen molar-refractivity contribution in [1.29, 1.82) is 0 Å². The molecule has 0 bridgehead atoms. The molecular weight excluding hydrogens is 669 g/mol. The zero-order chi connectivity index (χ0) is 39.3. The largest absolute Gasteiger partial charge is 0.462 e. The molecule has 0 aliphatic rings. The van der Waals surface area contributed by atoms with Gasteiger partial charge in [0.05, 0.1) is 6.61 Å². The normalized spacial score (nSPS) is 12.4. The summed E-state index contributed by atoms with van der Waals surface area (Å²) in [5.74, 6) is -0.416. The van der Waals surface area contributed by atoms with Gasteiger partial charge in [-0.25, -0.2) is 0 Å². The standard InChI is InChI=1S/C49H90O5/c1-4-7-10-13-15-17-19-21-23-25-26-28-30-32-34-37-39-42-48(50)53-46-47(54-49(51)43-40-36-12-9-6-3)45-52-44-41-38-35-33-31-29-27-24-22-20-18-16-14-11-8-5-2/h15,17,21-24,47H,4-14,16,18-20,25-46H2,1-3H3/b17-15-,23-21-,24-22-. The van der Waals surface area contributed by atoms with Crippen molar-refractivity contribution in [3.63, 3.8) is 0 Å². The minimum Gasteiger partial charge on any atom is -0.462 e. The van der Waals surface area contributed by atoms with E-state index < -0.39 is 6.10 Å². The first-order valence-electron chi connectivity index (χ1n) is 23.5. The van der Waals surface area contributed by atoms with Gasteiger partial charge in [0.25, 0.3) is 0 Å². The van der Waals surface area contributed by atoms with Gasteiger partial charge in [-0.05, 0) is 77.0 Å². The van der Waals surface area contributed by atoms with E-state index in [0.29, 0.717) is 19.4 Å². The van der Waals surface area contributed by atoms with Crippen LogP contribution in [0.3, 0.4) is 0 Å². The van der Waals surface area contributed by atoms with Gasteiger partial charge in [-0.15, -0.1) is 0 Å². The van der Waals surface area contributed by atoms with Gasteiger partial charge in [-0.2, -0.15) is 0 Å². The van der Waals surface area contributed by atoms with E-state index in [1.165, 1.54) is 148 Å². The number of esters is 2. The fraction of sp³-hybridized carbons (Fsp3) is 0.837. The average molecular weight is 759 g/mol. The molecule has 0 amide bonds. The monoisotopic (exact) mass is 759 g/mol. The highest BCUT2D eigenvalue weighted by atomic mass is 16.6. The third kappa shape index (κ3) is 42.9. The predicted molar refractivity (Wildman–Crippen MR) is 233 cm³/mol. The maximum atomic E-state index is 12.5. The van der Waals surface area contributed by atoms with E-state index in [-0.39, 0.29) is 25.2 Å². The van der Waals surface area contributed by atoms with E-state index in [2.05, 4.69) is 57.2 Å². The van der Waals surface area contributed by atoms with Crippen LogP contribution in [-0.4, -0.2) is 37.9 Å². The van der Waals surface area contributed by atoms with Gasteiger partial charge in [0.2, 0.25) is 0 Å². The smallest absolute Gasteiger partial charge is 0.306 e. The van der Waals surface area contributed by atoms with Crippen LogP contribution in [0, 0.1) is 0 Å². The number of allylic oxidation sites excluding steroid dienone is 6. The van der Waals surface area contributed by atoms with Gasteiger partial charge in [-0.1, -0.05) is 186 Å². The number of hydrogen-bond acceptors (Lipinski definition) is 5. The maximum absolute atomic E-state index is 12.5. The summed E-state index contributed by atoms with van der Waals surface area (Å²) in [6.07, 6.45) is 53.1. The van der Waals surface area contributed by atoms with Crippen LogP contribution in [0.4, 0.5) is 0 Å². The summed E-state index contributed by atoms with van der Waals surface area (Å²) in [6.45, 7) is 7.72. The lowest BCUT2D eigenvalue weighted by molar-refractivity contribution is -0.163. The molecule has 0 spiro atoms. The third-order valence-electron chi connectivity index (χ3n) is 10.1. The second kappa shape index (κ2) is 45.5. The topological polar surface area (TPSA) is 61.8 Å². The lowest BCUT2D eigenvalue weighted by atomic mass is 10.1. The number of carbonyl (C=O) groups excluding carboxylic acids is 2. The van der Waals surface area contributed by atoms with E-state index in [1.807, 2.05) is 0 Å². The number of carbonyl (C=O) groups is 2. The molecule has 0 radical (unpaired) electrons. The van der Waals surface area contributed by atoms with Crippen LogP contribution in [0.25, 0.3) is 0 Å². The Morgan fingerprint density at radius 2 is 0.778 bits per heavy atom. The molecular formula is C49H90O5. The van der Waals surface area contributed by atoms with Crippen molar-refractivity contribution >= 4 is 11.9 Å². The highest BCUT2D eigenvalue weighted by Gasteiger charge is 2.17. The van der Waals surface area contributed by atoms with E-state index >= 15 is 0 Å². The summed E-state index contributed by atoms with van der Waals surface area (Å²) in [5, 5.41) is 0. The maximum Gasteiger partial charge on any atom is 0.306 e. The van der Waals surface area contributed by atoms with Gasteiger partial charge in [0.15, 0.2) is 6.10 Å². The quantitative estimate of drug-likeness (QED) is 0.0352. The molecule has 0 aromatic heterocycles. The fourth-order valence-electron chi connectivity index (χ4n) is 6.59. The highest BCUT2D eigenvalue weighted by Crippen LogP contribution is 2.13. The minimum atomic E-state index is -0.534. The highest BCUT2D eigenvalue weighted by molar-refractivity contribution is 5.70. The molecule has 5 nitrogen and oxygen atoms in total. The summed E-state index contributed by atoms with van der Waals surface area (Å²) < 4.78 is 17.2. The van der Waals surface area contributed by atoms with Gasteiger partial charge in [0.1, 0.15) is 6.61 Å². The summed E-state index contributed by atoms with van der Waals surface area (Å²) in [4.78, 5) is 25.0. The molecule has 0 aliphatic heterocycles. The summed E-state index contributed by atoms with van der Waals surface area (Å²) in [7, 11) is 0. The Balaban J connectivity index is 4.05. The summed E-state index contributed by atoms with van der Waals surface area (Å²) >= 11 is 0. The van der Waals surface area contributed by atoms with Crippen molar-refractivity contribution in [2.45, 2.75) is 245 Å². The third-order valence-corrected chi connectivity index (χ3v) is 10.1. The minimum absolute atomic E-state index is 0.0809. The zero-order valence-electron chi connectivity index (χ0n) is 36.2. The van der Waals surface area contributed by atoms with Crippen LogP contribution >= 0.6 is 0 Å². The van der Waals surface area contributed by atoms with E-state index in [4.69, 9.17) is 14.2 Å². The number of hydrogen-bond donors (Lipinski definition) is 0. The Labute approximate surface area is 336 Å². The van der Waals surface area contributed by atoms with E-state index in [9.17, 15) is 9.59 Å². The number of ether oxygens (including phenoxy) is 3. The first kappa shape index (κ1) is 52.1. The molecule has 1 atom stereocenters. The Bertz CT molecular complexity index is 862.